The molecule has 0 rings (SSSR count). The summed E-state index contributed by atoms with van der Waals surface area (Å²) in [6, 6.07) is 0. The summed E-state index contributed by atoms with van der Waals surface area (Å²) in [6.07, 6.45) is 0.0106. The fourth-order valence-corrected chi connectivity index (χ4v) is 0.705. The Bertz CT molecular complexity index is 176. The van der Waals surface area contributed by atoms with Crippen LogP contribution in [-0.4, -0.2) is 35.5 Å². The van der Waals surface area contributed by atoms with Crippen LogP contribution in [0.1, 0.15) is 19.8 Å². The maximum absolute atomic E-state index is 11.1. The molecular formula is C9H16O4. The highest BCUT2D eigenvalue weighted by Gasteiger charge is 2.15. The van der Waals surface area contributed by atoms with E-state index in [0.29, 0.717) is 12.8 Å². The highest BCUT2D eigenvalue weighted by Crippen LogP contribution is 2.05. The summed E-state index contributed by atoms with van der Waals surface area (Å²) in [5.74, 6) is -0.595. The molecule has 0 heterocycles. The maximum Gasteiger partial charge on any atom is 0.336 e. The first-order valence-corrected chi connectivity index (χ1v) is 4.28. The Kier molecular flexibility index (Phi) is 6.18. The van der Waals surface area contributed by atoms with Gasteiger partial charge in [0.2, 0.25) is 0 Å². The van der Waals surface area contributed by atoms with Gasteiger partial charge in [0, 0.05) is 13.0 Å². The summed E-state index contributed by atoms with van der Waals surface area (Å²) in [7, 11) is 0. The highest BCUT2D eigenvalue weighted by molar-refractivity contribution is 5.88. The Labute approximate surface area is 77.8 Å². The van der Waals surface area contributed by atoms with Crippen LogP contribution in [-0.2, 0) is 9.53 Å². The molecule has 1 unspecified atom stereocenters. The normalized spacial score (nSPS) is 12.2. The van der Waals surface area contributed by atoms with E-state index in [4.69, 9.17) is 9.84 Å². The van der Waals surface area contributed by atoms with Crippen LogP contribution in [0, 0.1) is 0 Å². The van der Waals surface area contributed by atoms with Crippen LogP contribution >= 0.6 is 0 Å². The van der Waals surface area contributed by atoms with E-state index in [0.717, 1.165) is 0 Å². The summed E-state index contributed by atoms with van der Waals surface area (Å²) in [4.78, 5) is 11.1. The number of hydrogen-bond acceptors (Lipinski definition) is 4. The second-order valence-corrected chi connectivity index (χ2v) is 2.66. The van der Waals surface area contributed by atoms with Crippen LogP contribution in [0.25, 0.3) is 0 Å². The molecule has 2 N–H and O–H groups in total. The largest absolute Gasteiger partial charge is 0.462 e. The first-order valence-electron chi connectivity index (χ1n) is 4.28. The van der Waals surface area contributed by atoms with Gasteiger partial charge >= 0.3 is 5.97 Å². The van der Waals surface area contributed by atoms with Gasteiger partial charge < -0.3 is 14.9 Å². The maximum atomic E-state index is 11.1. The van der Waals surface area contributed by atoms with Crippen LogP contribution in [0.2, 0.25) is 0 Å². The van der Waals surface area contributed by atoms with Gasteiger partial charge in [-0.2, -0.15) is 0 Å². The molecule has 0 bridgehead atoms. The van der Waals surface area contributed by atoms with Crippen LogP contribution in [0.4, 0.5) is 0 Å². The zero-order valence-electron chi connectivity index (χ0n) is 7.82. The Balaban J connectivity index is 3.76. The molecule has 76 valence electrons. The molecule has 0 radical (unpaired) electrons. The summed E-state index contributed by atoms with van der Waals surface area (Å²) in [5.41, 5.74) is 0.0699. The van der Waals surface area contributed by atoms with Gasteiger partial charge in [0.15, 0.2) is 0 Å². The van der Waals surface area contributed by atoms with Crippen molar-refractivity contribution in [3.8, 4) is 0 Å². The average molecular weight is 188 g/mol. The summed E-state index contributed by atoms with van der Waals surface area (Å²) < 4.78 is 4.71. The number of esters is 1. The lowest BCUT2D eigenvalue weighted by atomic mass is 10.1. The molecule has 0 aromatic heterocycles. The molecule has 0 aliphatic carbocycles. The molecule has 13 heavy (non-hydrogen) atoms. The number of aliphatic hydroxyl groups excluding tert-OH is 2. The van der Waals surface area contributed by atoms with E-state index in [2.05, 4.69) is 6.58 Å². The first-order chi connectivity index (χ1) is 6.13. The zero-order valence-corrected chi connectivity index (χ0v) is 7.82. The van der Waals surface area contributed by atoms with Crippen molar-refractivity contribution in [1.29, 1.82) is 0 Å². The molecule has 0 spiro atoms. The number of aliphatic hydroxyl groups is 2. The van der Waals surface area contributed by atoms with E-state index >= 15 is 0 Å². The molecule has 0 aliphatic rings. The molecule has 0 saturated heterocycles. The van der Waals surface area contributed by atoms with Gasteiger partial charge in [-0.15, -0.1) is 0 Å². The van der Waals surface area contributed by atoms with Crippen molar-refractivity contribution in [2.45, 2.75) is 25.9 Å². The van der Waals surface area contributed by atoms with E-state index in [9.17, 15) is 9.90 Å². The third kappa shape index (κ3) is 4.65. The average Bonchev–Trinajstić information content (AvgIpc) is 2.15. The predicted molar refractivity (Wildman–Crippen MR) is 48.1 cm³/mol. The quantitative estimate of drug-likeness (QED) is 0.356. The van der Waals surface area contributed by atoms with Crippen molar-refractivity contribution in [2.24, 2.45) is 0 Å². The smallest absolute Gasteiger partial charge is 0.336 e. The van der Waals surface area contributed by atoms with Crippen LogP contribution in [0.15, 0.2) is 12.2 Å². The Morgan fingerprint density at radius 3 is 2.69 bits per heavy atom. The van der Waals surface area contributed by atoms with Crippen molar-refractivity contribution in [3.63, 3.8) is 0 Å². The Morgan fingerprint density at radius 1 is 1.62 bits per heavy atom. The Hall–Kier alpha value is -0.870. The number of carbonyl (C=O) groups is 1. The van der Waals surface area contributed by atoms with Crippen LogP contribution in [0.3, 0.4) is 0 Å². The van der Waals surface area contributed by atoms with Gasteiger partial charge in [-0.3, -0.25) is 0 Å². The third-order valence-corrected chi connectivity index (χ3v) is 1.59. The monoisotopic (exact) mass is 188 g/mol. The van der Waals surface area contributed by atoms with Crippen molar-refractivity contribution in [1.82, 2.24) is 0 Å². The fourth-order valence-electron chi connectivity index (χ4n) is 0.705. The van der Waals surface area contributed by atoms with E-state index in [1.54, 1.807) is 6.92 Å². The predicted octanol–water partition coefficient (Wildman–Crippen LogP) is 0.239. The summed E-state index contributed by atoms with van der Waals surface area (Å²) in [5, 5.41) is 17.6. The minimum atomic E-state index is -0.832. The second kappa shape index (κ2) is 6.62. The third-order valence-electron chi connectivity index (χ3n) is 1.59. The lowest BCUT2D eigenvalue weighted by Gasteiger charge is -2.10. The van der Waals surface area contributed by atoms with E-state index in [-0.39, 0.29) is 18.8 Å². The molecule has 0 aromatic rings. The lowest BCUT2D eigenvalue weighted by molar-refractivity contribution is -0.140. The molecule has 4 nitrogen and oxygen atoms in total. The van der Waals surface area contributed by atoms with Gasteiger partial charge in [0.25, 0.3) is 0 Å². The molecule has 0 fully saturated rings. The van der Waals surface area contributed by atoms with Crippen molar-refractivity contribution in [2.75, 3.05) is 13.2 Å². The minimum absolute atomic E-state index is 0.0178. The first kappa shape index (κ1) is 12.1. The molecular weight excluding hydrogens is 172 g/mol. The van der Waals surface area contributed by atoms with E-state index in [1.165, 1.54) is 0 Å². The highest BCUT2D eigenvalue weighted by atomic mass is 16.5. The molecule has 1 atom stereocenters. The lowest BCUT2D eigenvalue weighted by Crippen LogP contribution is -2.19. The number of ether oxygens (including phenoxy) is 1. The molecule has 0 aromatic carbocycles. The SMILES string of the molecule is C=C(C(=O)OCCCO)C(O)CC. The summed E-state index contributed by atoms with van der Waals surface area (Å²) >= 11 is 0. The topological polar surface area (TPSA) is 66.8 Å². The van der Waals surface area contributed by atoms with E-state index in [1.807, 2.05) is 0 Å². The number of hydrogen-bond donors (Lipinski definition) is 2. The van der Waals surface area contributed by atoms with Gasteiger partial charge in [-0.05, 0) is 6.42 Å². The molecule has 0 aliphatic heterocycles. The van der Waals surface area contributed by atoms with Crippen molar-refractivity contribution in [3.05, 3.63) is 12.2 Å². The van der Waals surface area contributed by atoms with E-state index < -0.39 is 12.1 Å². The second-order valence-electron chi connectivity index (χ2n) is 2.66. The minimum Gasteiger partial charge on any atom is -0.462 e. The van der Waals surface area contributed by atoms with Gasteiger partial charge in [0.05, 0.1) is 18.3 Å². The van der Waals surface area contributed by atoms with Crippen LogP contribution in [0.5, 0.6) is 0 Å². The van der Waals surface area contributed by atoms with Crippen molar-refractivity contribution < 1.29 is 19.7 Å². The summed E-state index contributed by atoms with van der Waals surface area (Å²) in [6.45, 7) is 5.30. The van der Waals surface area contributed by atoms with Crippen LogP contribution < -0.4 is 0 Å². The number of rotatable bonds is 6. The van der Waals surface area contributed by atoms with Gasteiger partial charge in [-0.1, -0.05) is 13.5 Å². The fraction of sp³-hybridized carbons (Fsp3) is 0.667. The van der Waals surface area contributed by atoms with Gasteiger partial charge in [0.1, 0.15) is 0 Å². The molecule has 4 heteroatoms. The Morgan fingerprint density at radius 2 is 2.23 bits per heavy atom. The van der Waals surface area contributed by atoms with Gasteiger partial charge in [-0.25, -0.2) is 4.79 Å². The standard InChI is InChI=1S/C9H16O4/c1-3-8(11)7(2)9(12)13-6-4-5-10/h8,10-11H,2-6H2,1H3. The van der Waals surface area contributed by atoms with Crippen molar-refractivity contribution >= 4 is 5.97 Å². The number of carbonyl (C=O) groups excluding carboxylic acids is 1. The zero-order chi connectivity index (χ0) is 10.3. The molecule has 0 amide bonds. The molecule has 0 saturated carbocycles.